The van der Waals surface area contributed by atoms with Gasteiger partial charge >= 0.3 is 0 Å². The fourth-order valence-corrected chi connectivity index (χ4v) is 2.45. The zero-order valence-corrected chi connectivity index (χ0v) is 13.3. The van der Waals surface area contributed by atoms with Crippen molar-refractivity contribution in [1.29, 1.82) is 0 Å². The SMILES string of the molecule is CCCn1cc(C(NCC)c2ccc(Br)c(F)c2)cn1. The van der Waals surface area contributed by atoms with E-state index in [0.717, 1.165) is 30.6 Å². The number of rotatable bonds is 6. The molecule has 108 valence electrons. The largest absolute Gasteiger partial charge is 0.306 e. The van der Waals surface area contributed by atoms with Crippen molar-refractivity contribution in [3.8, 4) is 0 Å². The molecule has 3 nitrogen and oxygen atoms in total. The van der Waals surface area contributed by atoms with Gasteiger partial charge in [0.1, 0.15) is 5.82 Å². The Morgan fingerprint density at radius 2 is 2.15 bits per heavy atom. The van der Waals surface area contributed by atoms with Crippen LogP contribution in [-0.4, -0.2) is 16.3 Å². The lowest BCUT2D eigenvalue weighted by atomic mass is 10.0. The summed E-state index contributed by atoms with van der Waals surface area (Å²) in [4.78, 5) is 0. The predicted molar refractivity (Wildman–Crippen MR) is 82.1 cm³/mol. The molecule has 2 aromatic rings. The number of benzene rings is 1. The van der Waals surface area contributed by atoms with Gasteiger partial charge in [-0.05, 0) is 46.6 Å². The first-order valence-corrected chi connectivity index (χ1v) is 7.65. The Balaban J connectivity index is 2.31. The number of aromatic nitrogens is 2. The predicted octanol–water partition coefficient (Wildman–Crippen LogP) is 3.89. The van der Waals surface area contributed by atoms with Gasteiger partial charge in [0.25, 0.3) is 0 Å². The van der Waals surface area contributed by atoms with E-state index in [2.05, 4.69) is 33.3 Å². The zero-order chi connectivity index (χ0) is 14.5. The summed E-state index contributed by atoms with van der Waals surface area (Å²) in [5, 5.41) is 7.73. The van der Waals surface area contributed by atoms with E-state index in [1.165, 1.54) is 0 Å². The van der Waals surface area contributed by atoms with Gasteiger partial charge in [0.15, 0.2) is 0 Å². The molecule has 0 aliphatic carbocycles. The van der Waals surface area contributed by atoms with Crippen molar-refractivity contribution < 1.29 is 4.39 Å². The second kappa shape index (κ2) is 6.99. The van der Waals surface area contributed by atoms with Crippen LogP contribution in [0.15, 0.2) is 35.1 Å². The van der Waals surface area contributed by atoms with Crippen LogP contribution < -0.4 is 5.32 Å². The first-order valence-electron chi connectivity index (χ1n) is 6.86. The van der Waals surface area contributed by atoms with Gasteiger partial charge in [-0.3, -0.25) is 4.68 Å². The average Bonchev–Trinajstić information content (AvgIpc) is 2.88. The molecule has 2 rings (SSSR count). The third kappa shape index (κ3) is 3.46. The summed E-state index contributed by atoms with van der Waals surface area (Å²) < 4.78 is 16.1. The Morgan fingerprint density at radius 3 is 2.80 bits per heavy atom. The van der Waals surface area contributed by atoms with Crippen LogP contribution in [-0.2, 0) is 6.54 Å². The second-order valence-corrected chi connectivity index (χ2v) is 5.56. The third-order valence-electron chi connectivity index (χ3n) is 3.12. The molecule has 0 aliphatic rings. The maximum Gasteiger partial charge on any atom is 0.137 e. The molecule has 0 saturated heterocycles. The standard InChI is InChI=1S/C15H19BrFN3/c1-3-7-20-10-12(9-19-20)15(18-4-2)11-5-6-13(16)14(17)8-11/h5-6,8-10,15,18H,3-4,7H2,1-2H3. The van der Waals surface area contributed by atoms with Crippen LogP contribution >= 0.6 is 15.9 Å². The van der Waals surface area contributed by atoms with Crippen molar-refractivity contribution in [3.63, 3.8) is 0 Å². The summed E-state index contributed by atoms with van der Waals surface area (Å²) in [6.07, 6.45) is 4.92. The highest BCUT2D eigenvalue weighted by Crippen LogP contribution is 2.25. The molecule has 0 aliphatic heterocycles. The summed E-state index contributed by atoms with van der Waals surface area (Å²) in [7, 11) is 0. The molecule has 0 fully saturated rings. The molecule has 5 heteroatoms. The molecule has 1 atom stereocenters. The van der Waals surface area contributed by atoms with Gasteiger partial charge in [-0.25, -0.2) is 4.39 Å². The van der Waals surface area contributed by atoms with Crippen LogP contribution in [0.5, 0.6) is 0 Å². The summed E-state index contributed by atoms with van der Waals surface area (Å²) in [5.41, 5.74) is 1.96. The summed E-state index contributed by atoms with van der Waals surface area (Å²) >= 11 is 3.19. The lowest BCUT2D eigenvalue weighted by Crippen LogP contribution is -2.21. The molecule has 0 amide bonds. The first-order chi connectivity index (χ1) is 9.65. The normalized spacial score (nSPS) is 12.6. The first kappa shape index (κ1) is 15.2. The monoisotopic (exact) mass is 339 g/mol. The maximum atomic E-state index is 13.7. The van der Waals surface area contributed by atoms with Gasteiger partial charge in [-0.2, -0.15) is 5.10 Å². The summed E-state index contributed by atoms with van der Waals surface area (Å²) in [6.45, 7) is 5.86. The molecule has 1 aromatic carbocycles. The minimum absolute atomic E-state index is 0.0341. The van der Waals surface area contributed by atoms with Crippen LogP contribution in [0.25, 0.3) is 0 Å². The molecule has 1 unspecified atom stereocenters. The lowest BCUT2D eigenvalue weighted by molar-refractivity contribution is 0.591. The number of hydrogen-bond donors (Lipinski definition) is 1. The number of nitrogens with one attached hydrogen (secondary N) is 1. The van der Waals surface area contributed by atoms with Gasteiger partial charge in [0.05, 0.1) is 16.7 Å². The molecule has 0 radical (unpaired) electrons. The maximum absolute atomic E-state index is 13.7. The summed E-state index contributed by atoms with van der Waals surface area (Å²) in [5.74, 6) is -0.244. The van der Waals surface area contributed by atoms with E-state index in [4.69, 9.17) is 0 Å². The average molecular weight is 340 g/mol. The Morgan fingerprint density at radius 1 is 1.35 bits per heavy atom. The van der Waals surface area contributed by atoms with Crippen molar-refractivity contribution in [2.45, 2.75) is 32.9 Å². The molecule has 0 saturated carbocycles. The minimum Gasteiger partial charge on any atom is -0.306 e. The molecule has 0 spiro atoms. The van der Waals surface area contributed by atoms with E-state index >= 15 is 0 Å². The summed E-state index contributed by atoms with van der Waals surface area (Å²) in [6, 6.07) is 5.20. The Kier molecular flexibility index (Phi) is 5.31. The Bertz CT molecular complexity index is 568. The van der Waals surface area contributed by atoms with Crippen molar-refractivity contribution in [3.05, 3.63) is 52.0 Å². The molecule has 0 bridgehead atoms. The van der Waals surface area contributed by atoms with E-state index in [1.54, 1.807) is 12.1 Å². The number of nitrogens with zero attached hydrogens (tertiary/aromatic N) is 2. The van der Waals surface area contributed by atoms with Crippen molar-refractivity contribution >= 4 is 15.9 Å². The van der Waals surface area contributed by atoms with Gasteiger partial charge in [-0.1, -0.05) is 19.9 Å². The Labute approximate surface area is 127 Å². The van der Waals surface area contributed by atoms with Crippen molar-refractivity contribution in [2.24, 2.45) is 0 Å². The van der Waals surface area contributed by atoms with Crippen molar-refractivity contribution in [1.82, 2.24) is 15.1 Å². The molecule has 1 N–H and O–H groups in total. The molecule has 20 heavy (non-hydrogen) atoms. The van der Waals surface area contributed by atoms with Crippen LogP contribution in [0.4, 0.5) is 4.39 Å². The van der Waals surface area contributed by atoms with Gasteiger partial charge < -0.3 is 5.32 Å². The number of hydrogen-bond acceptors (Lipinski definition) is 2. The number of aryl methyl sites for hydroxylation is 1. The molecule has 1 aromatic heterocycles. The third-order valence-corrected chi connectivity index (χ3v) is 3.77. The fourth-order valence-electron chi connectivity index (χ4n) is 2.20. The number of halogens is 2. The van der Waals surface area contributed by atoms with E-state index in [-0.39, 0.29) is 11.9 Å². The highest BCUT2D eigenvalue weighted by molar-refractivity contribution is 9.10. The smallest absolute Gasteiger partial charge is 0.137 e. The van der Waals surface area contributed by atoms with Crippen LogP contribution in [0.1, 0.15) is 37.4 Å². The fraction of sp³-hybridized carbons (Fsp3) is 0.400. The Hall–Kier alpha value is -1.20. The molecular weight excluding hydrogens is 321 g/mol. The van der Waals surface area contributed by atoms with E-state index in [1.807, 2.05) is 30.1 Å². The van der Waals surface area contributed by atoms with Gasteiger partial charge in [0, 0.05) is 18.3 Å². The highest BCUT2D eigenvalue weighted by Gasteiger charge is 2.16. The van der Waals surface area contributed by atoms with Crippen LogP contribution in [0.2, 0.25) is 0 Å². The zero-order valence-electron chi connectivity index (χ0n) is 11.7. The highest BCUT2D eigenvalue weighted by atomic mass is 79.9. The van der Waals surface area contributed by atoms with Crippen LogP contribution in [0.3, 0.4) is 0 Å². The van der Waals surface area contributed by atoms with E-state index < -0.39 is 0 Å². The van der Waals surface area contributed by atoms with Crippen molar-refractivity contribution in [2.75, 3.05) is 6.54 Å². The van der Waals surface area contributed by atoms with Crippen LogP contribution in [0, 0.1) is 5.82 Å². The lowest BCUT2D eigenvalue weighted by Gasteiger charge is -2.17. The quantitative estimate of drug-likeness (QED) is 0.865. The molecular formula is C15H19BrFN3. The molecule has 1 heterocycles. The van der Waals surface area contributed by atoms with E-state index in [9.17, 15) is 4.39 Å². The van der Waals surface area contributed by atoms with Gasteiger partial charge in [0.2, 0.25) is 0 Å². The second-order valence-electron chi connectivity index (χ2n) is 4.70. The topological polar surface area (TPSA) is 29.9 Å². The van der Waals surface area contributed by atoms with Gasteiger partial charge in [-0.15, -0.1) is 0 Å². The van der Waals surface area contributed by atoms with E-state index in [0.29, 0.717) is 4.47 Å². The minimum atomic E-state index is -0.244.